The predicted octanol–water partition coefficient (Wildman–Crippen LogP) is 4.50. The molecule has 1 aliphatic rings. The molecule has 0 bridgehead atoms. The molecule has 3 N–H and O–H groups in total. The Morgan fingerprint density at radius 2 is 1.93 bits per heavy atom. The molecule has 10 heteroatoms. The van der Waals surface area contributed by atoms with Crippen molar-refractivity contribution in [1.82, 2.24) is 4.98 Å². The van der Waals surface area contributed by atoms with E-state index >= 15 is 0 Å². The second kappa shape index (κ2) is 7.98. The highest BCUT2D eigenvalue weighted by molar-refractivity contribution is 6.04. The number of hydrogen-bond acceptors (Lipinski definition) is 4. The van der Waals surface area contributed by atoms with Gasteiger partial charge in [0.15, 0.2) is 17.5 Å². The molecule has 0 unspecified atom stereocenters. The Bertz CT molecular complexity index is 979. The fourth-order valence-electron chi connectivity index (χ4n) is 2.38. The molecule has 1 amide bonds. The first-order valence-electron chi connectivity index (χ1n) is 8.49. The standard InChI is InChI=1S/C19H15F5N4O/c20-12-2-1-3-13(17(12)21)28-18(29)11-6-7-16(26-9-11)27-14(10-4-5-10)8-15(25)19(22,23)24/h1-3,6-10H,4-5,25H2,(H,28,29). The van der Waals surface area contributed by atoms with Gasteiger partial charge in [0, 0.05) is 17.8 Å². The SMILES string of the molecule is NC(=CC(=Nc1ccc(C(=O)Nc2cccc(F)c2F)cn1)C1CC1)C(F)(F)F. The van der Waals surface area contributed by atoms with Gasteiger partial charge >= 0.3 is 6.18 Å². The summed E-state index contributed by atoms with van der Waals surface area (Å²) in [5, 5.41) is 2.22. The summed E-state index contributed by atoms with van der Waals surface area (Å²) < 4.78 is 64.8. The quantitative estimate of drug-likeness (QED) is 0.563. The van der Waals surface area contributed by atoms with E-state index in [4.69, 9.17) is 5.73 Å². The Morgan fingerprint density at radius 3 is 2.52 bits per heavy atom. The van der Waals surface area contributed by atoms with E-state index in [2.05, 4.69) is 15.3 Å². The summed E-state index contributed by atoms with van der Waals surface area (Å²) in [5.74, 6) is -3.08. The van der Waals surface area contributed by atoms with E-state index in [1.165, 1.54) is 24.3 Å². The minimum Gasteiger partial charge on any atom is -0.395 e. The summed E-state index contributed by atoms with van der Waals surface area (Å²) in [7, 11) is 0. The van der Waals surface area contributed by atoms with Gasteiger partial charge in [-0.2, -0.15) is 13.2 Å². The zero-order chi connectivity index (χ0) is 21.2. The molecule has 3 rings (SSSR count). The Hall–Kier alpha value is -3.30. The highest BCUT2D eigenvalue weighted by atomic mass is 19.4. The molecule has 0 aliphatic heterocycles. The minimum atomic E-state index is -4.66. The number of nitrogens with zero attached hydrogens (tertiary/aromatic N) is 2. The lowest BCUT2D eigenvalue weighted by atomic mass is 10.2. The highest BCUT2D eigenvalue weighted by Crippen LogP contribution is 2.34. The van der Waals surface area contributed by atoms with Crippen molar-refractivity contribution in [3.63, 3.8) is 0 Å². The average molecular weight is 410 g/mol. The number of carbonyl (C=O) groups excluding carboxylic acids is 1. The highest BCUT2D eigenvalue weighted by Gasteiger charge is 2.34. The first kappa shape index (κ1) is 20.4. The number of nitrogens with two attached hydrogens (primary N) is 1. The lowest BCUT2D eigenvalue weighted by molar-refractivity contribution is -0.0925. The summed E-state index contributed by atoms with van der Waals surface area (Å²) in [6.45, 7) is 0. The third kappa shape index (κ3) is 5.15. The van der Waals surface area contributed by atoms with Crippen molar-refractivity contribution in [1.29, 1.82) is 0 Å². The van der Waals surface area contributed by atoms with Crippen LogP contribution < -0.4 is 11.1 Å². The number of aliphatic imine (C=N–C) groups is 1. The van der Waals surface area contributed by atoms with Gasteiger partial charge in [0.1, 0.15) is 5.70 Å². The molecular formula is C19H15F5N4O. The van der Waals surface area contributed by atoms with Crippen molar-refractivity contribution in [2.45, 2.75) is 19.0 Å². The van der Waals surface area contributed by atoms with Crippen molar-refractivity contribution in [3.8, 4) is 0 Å². The second-order valence-electron chi connectivity index (χ2n) is 6.37. The summed E-state index contributed by atoms with van der Waals surface area (Å²) in [4.78, 5) is 20.2. The van der Waals surface area contributed by atoms with Gasteiger partial charge in [0.25, 0.3) is 5.91 Å². The maximum absolute atomic E-state index is 13.6. The summed E-state index contributed by atoms with van der Waals surface area (Å²) in [6.07, 6.45) is -1.35. The average Bonchev–Trinajstić information content (AvgIpc) is 3.50. The number of hydrogen-bond donors (Lipinski definition) is 2. The van der Waals surface area contributed by atoms with E-state index < -0.39 is 29.4 Å². The summed E-state index contributed by atoms with van der Waals surface area (Å²) in [5.41, 5.74) is 3.66. The summed E-state index contributed by atoms with van der Waals surface area (Å²) >= 11 is 0. The molecule has 29 heavy (non-hydrogen) atoms. The number of nitrogens with one attached hydrogen (secondary N) is 1. The van der Waals surface area contributed by atoms with Gasteiger partial charge in [-0.1, -0.05) is 6.07 Å². The molecule has 1 aliphatic carbocycles. The molecule has 1 aromatic carbocycles. The molecule has 1 aromatic heterocycles. The van der Waals surface area contributed by atoms with E-state index in [1.54, 1.807) is 0 Å². The van der Waals surface area contributed by atoms with Crippen LogP contribution in [0.3, 0.4) is 0 Å². The van der Waals surface area contributed by atoms with Gasteiger partial charge in [-0.3, -0.25) is 4.79 Å². The maximum Gasteiger partial charge on any atom is 0.430 e. The topological polar surface area (TPSA) is 80.4 Å². The first-order chi connectivity index (χ1) is 13.6. The van der Waals surface area contributed by atoms with Crippen LogP contribution in [0.5, 0.6) is 0 Å². The molecule has 152 valence electrons. The zero-order valence-corrected chi connectivity index (χ0v) is 14.8. The third-order valence-corrected chi connectivity index (χ3v) is 4.08. The van der Waals surface area contributed by atoms with E-state index in [0.29, 0.717) is 12.8 Å². The van der Waals surface area contributed by atoms with Crippen LogP contribution in [0, 0.1) is 17.6 Å². The number of anilines is 1. The molecule has 1 heterocycles. The van der Waals surface area contributed by atoms with Crippen LogP contribution in [0.1, 0.15) is 23.2 Å². The third-order valence-electron chi connectivity index (χ3n) is 4.08. The lowest BCUT2D eigenvalue weighted by Gasteiger charge is -2.08. The van der Waals surface area contributed by atoms with Crippen LogP contribution in [-0.2, 0) is 0 Å². The Balaban J connectivity index is 1.77. The normalized spacial score (nSPS) is 15.3. The monoisotopic (exact) mass is 410 g/mol. The van der Waals surface area contributed by atoms with Gasteiger partial charge in [-0.15, -0.1) is 0 Å². The van der Waals surface area contributed by atoms with Gasteiger partial charge < -0.3 is 11.1 Å². The lowest BCUT2D eigenvalue weighted by Crippen LogP contribution is -2.21. The largest absolute Gasteiger partial charge is 0.430 e. The number of aromatic nitrogens is 1. The van der Waals surface area contributed by atoms with Crippen molar-refractivity contribution < 1.29 is 26.7 Å². The fraction of sp³-hybridized carbons (Fsp3) is 0.211. The molecule has 0 spiro atoms. The molecule has 1 saturated carbocycles. The van der Waals surface area contributed by atoms with Gasteiger partial charge in [0.05, 0.1) is 11.3 Å². The van der Waals surface area contributed by atoms with Crippen molar-refractivity contribution >= 4 is 23.1 Å². The molecule has 0 saturated heterocycles. The summed E-state index contributed by atoms with van der Waals surface area (Å²) in [6, 6.07) is 6.00. The van der Waals surface area contributed by atoms with E-state index in [0.717, 1.165) is 18.3 Å². The Kier molecular flexibility index (Phi) is 5.62. The molecule has 5 nitrogen and oxygen atoms in total. The maximum atomic E-state index is 13.6. The number of rotatable bonds is 5. The van der Waals surface area contributed by atoms with E-state index in [9.17, 15) is 26.7 Å². The Morgan fingerprint density at radius 1 is 1.21 bits per heavy atom. The van der Waals surface area contributed by atoms with Crippen LogP contribution in [-0.4, -0.2) is 22.8 Å². The van der Waals surface area contributed by atoms with Crippen LogP contribution in [0.15, 0.2) is 53.3 Å². The zero-order valence-electron chi connectivity index (χ0n) is 14.8. The Labute approximate surface area is 162 Å². The minimum absolute atomic E-state index is 0.0333. The number of carbonyl (C=O) groups is 1. The number of amides is 1. The number of allylic oxidation sites excluding steroid dienone is 2. The van der Waals surface area contributed by atoms with E-state index in [-0.39, 0.29) is 28.7 Å². The predicted molar refractivity (Wildman–Crippen MR) is 96.7 cm³/mol. The first-order valence-corrected chi connectivity index (χ1v) is 8.49. The fourth-order valence-corrected chi connectivity index (χ4v) is 2.38. The van der Waals surface area contributed by atoms with Crippen LogP contribution >= 0.6 is 0 Å². The second-order valence-corrected chi connectivity index (χ2v) is 6.37. The van der Waals surface area contributed by atoms with Gasteiger partial charge in [-0.25, -0.2) is 18.8 Å². The number of pyridine rings is 1. The van der Waals surface area contributed by atoms with Crippen molar-refractivity contribution in [3.05, 3.63) is 65.5 Å². The molecule has 0 radical (unpaired) electrons. The molecular weight excluding hydrogens is 395 g/mol. The molecule has 0 atom stereocenters. The molecule has 1 fully saturated rings. The number of benzene rings is 1. The smallest absolute Gasteiger partial charge is 0.395 e. The van der Waals surface area contributed by atoms with Crippen molar-refractivity contribution in [2.75, 3.05) is 5.32 Å². The van der Waals surface area contributed by atoms with Crippen molar-refractivity contribution in [2.24, 2.45) is 16.6 Å². The number of alkyl halides is 3. The van der Waals surface area contributed by atoms with Crippen LogP contribution in [0.2, 0.25) is 0 Å². The van der Waals surface area contributed by atoms with Crippen LogP contribution in [0.4, 0.5) is 33.5 Å². The van der Waals surface area contributed by atoms with Crippen LogP contribution in [0.25, 0.3) is 0 Å². The van der Waals surface area contributed by atoms with Gasteiger partial charge in [0.2, 0.25) is 0 Å². The van der Waals surface area contributed by atoms with Gasteiger partial charge in [-0.05, 0) is 43.2 Å². The van der Waals surface area contributed by atoms with E-state index in [1.807, 2.05) is 0 Å². The number of halogens is 5. The molecule has 2 aromatic rings.